The molecule has 0 aliphatic carbocycles. The van der Waals surface area contributed by atoms with E-state index in [-0.39, 0.29) is 12.1 Å². The Hall–Kier alpha value is -0.610. The van der Waals surface area contributed by atoms with Crippen molar-refractivity contribution in [1.82, 2.24) is 0 Å². The molecule has 88 valence electrons. The zero-order chi connectivity index (χ0) is 11.5. The lowest BCUT2D eigenvalue weighted by molar-refractivity contribution is -0.168. The zero-order valence-electron chi connectivity index (χ0n) is 9.66. The lowest BCUT2D eigenvalue weighted by Gasteiger charge is -2.39. The van der Waals surface area contributed by atoms with Gasteiger partial charge < -0.3 is 14.6 Å². The summed E-state index contributed by atoms with van der Waals surface area (Å²) < 4.78 is 10.1. The molecule has 4 nitrogen and oxygen atoms in total. The van der Waals surface area contributed by atoms with Crippen LogP contribution in [0.2, 0.25) is 0 Å². The average molecular weight is 216 g/mol. The Balaban J connectivity index is 2.68. The molecule has 0 amide bonds. The van der Waals surface area contributed by atoms with Gasteiger partial charge in [0.25, 0.3) is 0 Å². The lowest BCUT2D eigenvalue weighted by Crippen LogP contribution is -2.48. The maximum atomic E-state index is 11.4. The van der Waals surface area contributed by atoms with Crippen LogP contribution < -0.4 is 0 Å². The molecule has 3 unspecified atom stereocenters. The van der Waals surface area contributed by atoms with Crippen molar-refractivity contribution in [3.8, 4) is 0 Å². The molecule has 1 heterocycles. The van der Waals surface area contributed by atoms with E-state index >= 15 is 0 Å². The molecular formula is C11H20O4. The average Bonchev–Trinajstić information content (AvgIpc) is 2.27. The number of carbonyl (C=O) groups is 1. The van der Waals surface area contributed by atoms with Gasteiger partial charge >= 0.3 is 5.97 Å². The largest absolute Gasteiger partial charge is 0.469 e. The van der Waals surface area contributed by atoms with Crippen molar-refractivity contribution < 1.29 is 19.4 Å². The second-order valence-electron chi connectivity index (χ2n) is 4.20. The van der Waals surface area contributed by atoms with Gasteiger partial charge in [0.15, 0.2) is 0 Å². The van der Waals surface area contributed by atoms with Gasteiger partial charge in [-0.3, -0.25) is 4.79 Å². The first-order valence-electron chi connectivity index (χ1n) is 5.45. The summed E-state index contributed by atoms with van der Waals surface area (Å²) in [7, 11) is 1.35. The molecule has 0 spiro atoms. The van der Waals surface area contributed by atoms with Crippen LogP contribution in [0.1, 0.15) is 33.1 Å². The fraction of sp³-hybridized carbons (Fsp3) is 0.909. The lowest BCUT2D eigenvalue weighted by atomic mass is 9.79. The summed E-state index contributed by atoms with van der Waals surface area (Å²) in [6, 6.07) is 0. The minimum absolute atomic E-state index is 0.0517. The molecule has 1 aliphatic rings. The van der Waals surface area contributed by atoms with Crippen molar-refractivity contribution >= 4 is 5.97 Å². The SMILES string of the molecule is CCC1CC(O)(C(C)C(=O)OC)CCO1. The maximum absolute atomic E-state index is 11.4. The third-order valence-corrected chi connectivity index (χ3v) is 3.29. The highest BCUT2D eigenvalue weighted by atomic mass is 16.5. The Bertz CT molecular complexity index is 229. The summed E-state index contributed by atoms with van der Waals surface area (Å²) >= 11 is 0. The number of ether oxygens (including phenoxy) is 2. The smallest absolute Gasteiger partial charge is 0.311 e. The minimum Gasteiger partial charge on any atom is -0.469 e. The predicted octanol–water partition coefficient (Wildman–Crippen LogP) is 1.12. The first-order valence-corrected chi connectivity index (χ1v) is 5.45. The first-order chi connectivity index (χ1) is 7.03. The Labute approximate surface area is 90.6 Å². The Morgan fingerprint density at radius 1 is 1.73 bits per heavy atom. The van der Waals surface area contributed by atoms with E-state index < -0.39 is 11.5 Å². The second-order valence-corrected chi connectivity index (χ2v) is 4.20. The van der Waals surface area contributed by atoms with E-state index in [0.717, 1.165) is 6.42 Å². The number of rotatable bonds is 3. The van der Waals surface area contributed by atoms with Gasteiger partial charge in [0, 0.05) is 19.4 Å². The van der Waals surface area contributed by atoms with Gasteiger partial charge in [-0.15, -0.1) is 0 Å². The van der Waals surface area contributed by atoms with Gasteiger partial charge in [0.2, 0.25) is 0 Å². The molecule has 1 N–H and O–H groups in total. The third kappa shape index (κ3) is 2.69. The number of aliphatic hydroxyl groups is 1. The molecule has 1 fully saturated rings. The molecule has 1 rings (SSSR count). The number of esters is 1. The zero-order valence-corrected chi connectivity index (χ0v) is 9.66. The van der Waals surface area contributed by atoms with Gasteiger partial charge in [0.1, 0.15) is 0 Å². The molecule has 0 aromatic rings. The van der Waals surface area contributed by atoms with E-state index in [4.69, 9.17) is 4.74 Å². The summed E-state index contributed by atoms with van der Waals surface area (Å²) in [6.45, 7) is 4.24. The Kier molecular flexibility index (Phi) is 4.11. The molecule has 3 atom stereocenters. The molecule has 0 aromatic carbocycles. The molecule has 15 heavy (non-hydrogen) atoms. The van der Waals surface area contributed by atoms with Crippen LogP contribution in [0.4, 0.5) is 0 Å². The van der Waals surface area contributed by atoms with E-state index in [0.29, 0.717) is 19.4 Å². The summed E-state index contributed by atoms with van der Waals surface area (Å²) in [5, 5.41) is 10.4. The molecule has 0 bridgehead atoms. The van der Waals surface area contributed by atoms with Crippen LogP contribution in [-0.4, -0.2) is 36.5 Å². The van der Waals surface area contributed by atoms with Crippen LogP contribution in [0, 0.1) is 5.92 Å². The fourth-order valence-corrected chi connectivity index (χ4v) is 2.01. The van der Waals surface area contributed by atoms with Crippen LogP contribution in [-0.2, 0) is 14.3 Å². The number of hydrogen-bond donors (Lipinski definition) is 1. The molecular weight excluding hydrogens is 196 g/mol. The van der Waals surface area contributed by atoms with Gasteiger partial charge in [-0.1, -0.05) is 6.92 Å². The molecule has 0 saturated carbocycles. The van der Waals surface area contributed by atoms with Crippen molar-refractivity contribution in [1.29, 1.82) is 0 Å². The molecule has 0 radical (unpaired) electrons. The topological polar surface area (TPSA) is 55.8 Å². The van der Waals surface area contributed by atoms with E-state index in [9.17, 15) is 9.90 Å². The van der Waals surface area contributed by atoms with E-state index in [2.05, 4.69) is 4.74 Å². The van der Waals surface area contributed by atoms with Gasteiger partial charge in [-0.2, -0.15) is 0 Å². The standard InChI is InChI=1S/C11H20O4/c1-4-9-7-11(13,5-6-15-9)8(2)10(12)14-3/h8-9,13H,4-7H2,1-3H3. The monoisotopic (exact) mass is 216 g/mol. The van der Waals surface area contributed by atoms with Gasteiger partial charge in [-0.05, 0) is 13.3 Å². The first kappa shape index (κ1) is 12.5. The van der Waals surface area contributed by atoms with Gasteiger partial charge in [0.05, 0.1) is 24.7 Å². The number of hydrogen-bond acceptors (Lipinski definition) is 4. The minimum atomic E-state index is -0.966. The van der Waals surface area contributed by atoms with Crippen molar-refractivity contribution in [2.45, 2.75) is 44.8 Å². The van der Waals surface area contributed by atoms with Crippen LogP contribution >= 0.6 is 0 Å². The quantitative estimate of drug-likeness (QED) is 0.718. The van der Waals surface area contributed by atoms with Crippen LogP contribution in [0.25, 0.3) is 0 Å². The van der Waals surface area contributed by atoms with Crippen molar-refractivity contribution in [3.05, 3.63) is 0 Å². The van der Waals surface area contributed by atoms with E-state index in [1.165, 1.54) is 7.11 Å². The van der Waals surface area contributed by atoms with E-state index in [1.807, 2.05) is 6.92 Å². The molecule has 1 aliphatic heterocycles. The molecule has 1 saturated heterocycles. The van der Waals surface area contributed by atoms with Crippen molar-refractivity contribution in [2.24, 2.45) is 5.92 Å². The highest BCUT2D eigenvalue weighted by Gasteiger charge is 2.42. The van der Waals surface area contributed by atoms with Gasteiger partial charge in [-0.25, -0.2) is 0 Å². The highest BCUT2D eigenvalue weighted by Crippen LogP contribution is 2.33. The van der Waals surface area contributed by atoms with Crippen molar-refractivity contribution in [3.63, 3.8) is 0 Å². The molecule has 4 heteroatoms. The van der Waals surface area contributed by atoms with Crippen LogP contribution in [0.5, 0.6) is 0 Å². The summed E-state index contributed by atoms with van der Waals surface area (Å²) in [4.78, 5) is 11.4. The van der Waals surface area contributed by atoms with E-state index in [1.54, 1.807) is 6.92 Å². The molecule has 0 aromatic heterocycles. The van der Waals surface area contributed by atoms with Crippen LogP contribution in [0.3, 0.4) is 0 Å². The third-order valence-electron chi connectivity index (χ3n) is 3.29. The van der Waals surface area contributed by atoms with Crippen molar-refractivity contribution in [2.75, 3.05) is 13.7 Å². The number of carbonyl (C=O) groups excluding carboxylic acids is 1. The fourth-order valence-electron chi connectivity index (χ4n) is 2.01. The summed E-state index contributed by atoms with van der Waals surface area (Å²) in [6.07, 6.45) is 1.92. The maximum Gasteiger partial charge on any atom is 0.311 e. The van der Waals surface area contributed by atoms with Crippen LogP contribution in [0.15, 0.2) is 0 Å². The normalized spacial score (nSPS) is 33.5. The summed E-state index contributed by atoms with van der Waals surface area (Å²) in [5.41, 5.74) is -0.966. The number of methoxy groups -OCH3 is 1. The Morgan fingerprint density at radius 2 is 2.40 bits per heavy atom. The second kappa shape index (κ2) is 4.94. The Morgan fingerprint density at radius 3 is 2.93 bits per heavy atom. The highest BCUT2D eigenvalue weighted by molar-refractivity contribution is 5.73. The summed E-state index contributed by atoms with van der Waals surface area (Å²) in [5.74, 6) is -0.838. The predicted molar refractivity (Wildman–Crippen MR) is 55.4 cm³/mol.